The number of nitrogens with one attached hydrogen (secondary N) is 2. The van der Waals surface area contributed by atoms with Gasteiger partial charge in [-0.05, 0) is 57.9 Å². The number of non-ortho nitro benzene ring substituents is 1. The molecule has 0 unspecified atom stereocenters. The molecule has 0 aliphatic carbocycles. The maximum Gasteiger partial charge on any atom is 0.269 e. The molecular weight excluding hydrogens is 318 g/mol. The number of hydrogen-bond acceptors (Lipinski definition) is 4. The van der Waals surface area contributed by atoms with Gasteiger partial charge in [0, 0.05) is 24.1 Å². The molecule has 0 spiro atoms. The van der Waals surface area contributed by atoms with Gasteiger partial charge in [0.25, 0.3) is 5.69 Å². The van der Waals surface area contributed by atoms with Gasteiger partial charge in [-0.25, -0.2) is 0 Å². The first-order valence-electron chi connectivity index (χ1n) is 7.60. The molecule has 0 saturated carbocycles. The number of halogens is 1. The molecule has 2 N–H and O–H groups in total. The van der Waals surface area contributed by atoms with E-state index in [1.54, 1.807) is 12.1 Å². The Morgan fingerprint density at radius 2 is 1.96 bits per heavy atom. The van der Waals surface area contributed by atoms with Gasteiger partial charge in [0.05, 0.1) is 10.5 Å². The van der Waals surface area contributed by atoms with Crippen molar-refractivity contribution < 1.29 is 9.72 Å². The highest BCUT2D eigenvalue weighted by atomic mass is 35.5. The van der Waals surface area contributed by atoms with Crippen LogP contribution in [0.15, 0.2) is 24.3 Å². The fourth-order valence-electron chi connectivity index (χ4n) is 2.85. The van der Waals surface area contributed by atoms with Gasteiger partial charge in [0.2, 0.25) is 5.91 Å². The quantitative estimate of drug-likeness (QED) is 0.651. The van der Waals surface area contributed by atoms with Crippen molar-refractivity contribution in [2.75, 3.05) is 6.54 Å². The average molecular weight is 342 g/mol. The van der Waals surface area contributed by atoms with Crippen molar-refractivity contribution in [2.45, 2.75) is 45.2 Å². The number of nitro benzene ring substituents is 1. The summed E-state index contributed by atoms with van der Waals surface area (Å²) < 4.78 is 0. The summed E-state index contributed by atoms with van der Waals surface area (Å²) in [5.74, 6) is 0.0743. The van der Waals surface area contributed by atoms with Crippen molar-refractivity contribution in [3.05, 3.63) is 39.9 Å². The lowest BCUT2D eigenvalue weighted by Gasteiger charge is -2.32. The third kappa shape index (κ3) is 4.91. The summed E-state index contributed by atoms with van der Waals surface area (Å²) in [7, 11) is 0. The summed E-state index contributed by atoms with van der Waals surface area (Å²) in [5, 5.41) is 17.1. The van der Waals surface area contributed by atoms with E-state index in [1.165, 1.54) is 12.1 Å². The van der Waals surface area contributed by atoms with Crippen molar-refractivity contribution in [3.8, 4) is 0 Å². The van der Waals surface area contributed by atoms with Crippen LogP contribution < -0.4 is 10.6 Å². The first kappa shape index (κ1) is 19.4. The minimum absolute atomic E-state index is 0. The number of carbonyl (C=O) groups is 1. The van der Waals surface area contributed by atoms with Gasteiger partial charge in [-0.3, -0.25) is 14.9 Å². The van der Waals surface area contributed by atoms with Gasteiger partial charge < -0.3 is 10.6 Å². The Morgan fingerprint density at radius 1 is 1.35 bits per heavy atom. The van der Waals surface area contributed by atoms with Crippen LogP contribution in [0.25, 0.3) is 0 Å². The van der Waals surface area contributed by atoms with Crippen LogP contribution in [0.4, 0.5) is 5.69 Å². The summed E-state index contributed by atoms with van der Waals surface area (Å²) in [5.41, 5.74) is 0.354. The van der Waals surface area contributed by atoms with E-state index in [0.29, 0.717) is 6.04 Å². The smallest absolute Gasteiger partial charge is 0.269 e. The second-order valence-corrected chi connectivity index (χ2v) is 6.49. The van der Waals surface area contributed by atoms with Gasteiger partial charge >= 0.3 is 0 Å². The second kappa shape index (κ2) is 7.75. The monoisotopic (exact) mass is 341 g/mol. The van der Waals surface area contributed by atoms with Crippen molar-refractivity contribution in [3.63, 3.8) is 0 Å². The SMILES string of the molecule is C[C@H]1C[C@@H](C(=O)NC(C)(C)c2ccc([N+](=O)[O-])cc2)CCN1.Cl. The van der Waals surface area contributed by atoms with Gasteiger partial charge in [-0.2, -0.15) is 0 Å². The van der Waals surface area contributed by atoms with Crippen molar-refractivity contribution in [2.24, 2.45) is 5.92 Å². The predicted molar refractivity (Wildman–Crippen MR) is 91.7 cm³/mol. The largest absolute Gasteiger partial charge is 0.347 e. The van der Waals surface area contributed by atoms with Crippen LogP contribution in [0.5, 0.6) is 0 Å². The molecule has 1 aromatic rings. The normalized spacial score (nSPS) is 21.2. The topological polar surface area (TPSA) is 84.3 Å². The molecule has 0 radical (unpaired) electrons. The van der Waals surface area contributed by atoms with E-state index in [-0.39, 0.29) is 29.9 Å². The van der Waals surface area contributed by atoms with Crippen LogP contribution >= 0.6 is 12.4 Å². The van der Waals surface area contributed by atoms with E-state index >= 15 is 0 Å². The van der Waals surface area contributed by atoms with Crippen LogP contribution in [0.2, 0.25) is 0 Å². The highest BCUT2D eigenvalue weighted by Crippen LogP contribution is 2.25. The molecule has 0 aromatic heterocycles. The van der Waals surface area contributed by atoms with E-state index in [4.69, 9.17) is 0 Å². The van der Waals surface area contributed by atoms with E-state index in [9.17, 15) is 14.9 Å². The molecule has 1 saturated heterocycles. The van der Waals surface area contributed by atoms with Crippen molar-refractivity contribution in [1.82, 2.24) is 10.6 Å². The first-order chi connectivity index (χ1) is 10.3. The molecule has 1 heterocycles. The molecule has 1 amide bonds. The average Bonchev–Trinajstić information content (AvgIpc) is 2.47. The number of rotatable bonds is 4. The second-order valence-electron chi connectivity index (χ2n) is 6.49. The molecule has 7 heteroatoms. The van der Waals surface area contributed by atoms with Gasteiger partial charge in [0.15, 0.2) is 0 Å². The van der Waals surface area contributed by atoms with Crippen LogP contribution in [-0.2, 0) is 10.3 Å². The number of carbonyl (C=O) groups excluding carboxylic acids is 1. The molecule has 1 aliphatic heterocycles. The molecule has 2 rings (SSSR count). The highest BCUT2D eigenvalue weighted by Gasteiger charge is 2.30. The van der Waals surface area contributed by atoms with Crippen LogP contribution in [0.1, 0.15) is 39.2 Å². The Bertz CT molecular complexity index is 560. The number of hydrogen-bond donors (Lipinski definition) is 2. The summed E-state index contributed by atoms with van der Waals surface area (Å²) in [6, 6.07) is 6.69. The van der Waals surface area contributed by atoms with Crippen molar-refractivity contribution >= 4 is 24.0 Å². The fraction of sp³-hybridized carbons (Fsp3) is 0.562. The number of benzene rings is 1. The summed E-state index contributed by atoms with van der Waals surface area (Å²) in [6.07, 6.45) is 1.68. The molecule has 1 aliphatic rings. The first-order valence-corrected chi connectivity index (χ1v) is 7.60. The molecular formula is C16H24ClN3O3. The Kier molecular flexibility index (Phi) is 6.53. The van der Waals surface area contributed by atoms with E-state index in [1.807, 2.05) is 13.8 Å². The number of nitrogens with zero attached hydrogens (tertiary/aromatic N) is 1. The minimum Gasteiger partial charge on any atom is -0.347 e. The van der Waals surface area contributed by atoms with Gasteiger partial charge in [-0.15, -0.1) is 12.4 Å². The van der Waals surface area contributed by atoms with Crippen LogP contribution in [0.3, 0.4) is 0 Å². The zero-order chi connectivity index (χ0) is 16.3. The lowest BCUT2D eigenvalue weighted by atomic mass is 9.89. The Hall–Kier alpha value is -1.66. The van der Waals surface area contributed by atoms with E-state index in [0.717, 1.165) is 24.9 Å². The lowest BCUT2D eigenvalue weighted by molar-refractivity contribution is -0.384. The minimum atomic E-state index is -0.555. The maximum atomic E-state index is 12.5. The maximum absolute atomic E-state index is 12.5. The highest BCUT2D eigenvalue weighted by molar-refractivity contribution is 5.85. The molecule has 1 fully saturated rings. The van der Waals surface area contributed by atoms with E-state index < -0.39 is 10.5 Å². The summed E-state index contributed by atoms with van der Waals surface area (Å²) in [4.78, 5) is 22.7. The third-order valence-corrected chi connectivity index (χ3v) is 4.23. The van der Waals surface area contributed by atoms with E-state index in [2.05, 4.69) is 17.6 Å². The Balaban J connectivity index is 0.00000264. The number of nitro groups is 1. The molecule has 6 nitrogen and oxygen atoms in total. The zero-order valence-corrected chi connectivity index (χ0v) is 14.5. The third-order valence-electron chi connectivity index (χ3n) is 4.23. The zero-order valence-electron chi connectivity index (χ0n) is 13.7. The Morgan fingerprint density at radius 3 is 2.48 bits per heavy atom. The standard InChI is InChI=1S/C16H23N3O3.ClH/c1-11-10-12(8-9-17-11)15(20)18-16(2,3)13-4-6-14(7-5-13)19(21)22;/h4-7,11-12,17H,8-10H2,1-3H3,(H,18,20);1H/t11-,12-;/m0./s1. The fourth-order valence-corrected chi connectivity index (χ4v) is 2.85. The Labute approximate surface area is 142 Å². The van der Waals surface area contributed by atoms with Gasteiger partial charge in [0.1, 0.15) is 0 Å². The van der Waals surface area contributed by atoms with Crippen LogP contribution in [0, 0.1) is 16.0 Å². The molecule has 2 atom stereocenters. The molecule has 23 heavy (non-hydrogen) atoms. The number of amides is 1. The predicted octanol–water partition coefficient (Wildman–Crippen LogP) is 2.76. The van der Waals surface area contributed by atoms with Crippen molar-refractivity contribution in [1.29, 1.82) is 0 Å². The molecule has 1 aromatic carbocycles. The lowest BCUT2D eigenvalue weighted by Crippen LogP contribution is -2.48. The molecule has 0 bridgehead atoms. The molecule has 128 valence electrons. The van der Waals surface area contributed by atoms with Crippen LogP contribution in [-0.4, -0.2) is 23.4 Å². The summed E-state index contributed by atoms with van der Waals surface area (Å²) >= 11 is 0. The summed E-state index contributed by atoms with van der Waals surface area (Å²) in [6.45, 7) is 6.77. The number of piperidine rings is 1. The van der Waals surface area contributed by atoms with Gasteiger partial charge in [-0.1, -0.05) is 0 Å².